The van der Waals surface area contributed by atoms with E-state index in [-0.39, 0.29) is 39.4 Å². The van der Waals surface area contributed by atoms with Crippen molar-refractivity contribution in [2.75, 3.05) is 10.6 Å². The van der Waals surface area contributed by atoms with Gasteiger partial charge in [0, 0.05) is 23.4 Å². The first-order valence-corrected chi connectivity index (χ1v) is 8.59. The lowest BCUT2D eigenvalue weighted by atomic mass is 10.1. The highest BCUT2D eigenvalue weighted by Crippen LogP contribution is 2.39. The fourth-order valence-corrected chi connectivity index (χ4v) is 2.90. The molecule has 1 heterocycles. The Bertz CT molecular complexity index is 869. The van der Waals surface area contributed by atoms with Gasteiger partial charge in [-0.2, -0.15) is 0 Å². The fraction of sp³-hybridized carbons (Fsp3) is 0.250. The number of rotatable bonds is 4. The number of hydrogen-bond acceptors (Lipinski definition) is 4. The monoisotopic (exact) mass is 398 g/mol. The summed E-state index contributed by atoms with van der Waals surface area (Å²) >= 11 is 18.4. The van der Waals surface area contributed by atoms with E-state index in [1.54, 1.807) is 6.07 Å². The molecule has 1 aromatic carbocycles. The summed E-state index contributed by atoms with van der Waals surface area (Å²) in [6, 6.07) is 3.10. The Kier molecular flexibility index (Phi) is 5.13. The van der Waals surface area contributed by atoms with Crippen molar-refractivity contribution >= 4 is 58.3 Å². The van der Waals surface area contributed by atoms with Crippen LogP contribution in [0.1, 0.15) is 19.8 Å². The van der Waals surface area contributed by atoms with Crippen LogP contribution in [0, 0.1) is 5.92 Å². The molecule has 2 aromatic rings. The lowest BCUT2D eigenvalue weighted by Gasteiger charge is -2.13. The van der Waals surface area contributed by atoms with Crippen LogP contribution in [0.4, 0.5) is 11.6 Å². The van der Waals surface area contributed by atoms with Gasteiger partial charge in [-0.3, -0.25) is 9.59 Å². The van der Waals surface area contributed by atoms with E-state index in [9.17, 15) is 9.59 Å². The number of halogens is 3. The van der Waals surface area contributed by atoms with Gasteiger partial charge < -0.3 is 10.6 Å². The van der Waals surface area contributed by atoms with Crippen LogP contribution in [0.5, 0.6) is 0 Å². The Morgan fingerprint density at radius 3 is 2.52 bits per heavy atom. The first kappa shape index (κ1) is 17.9. The van der Waals surface area contributed by atoms with E-state index >= 15 is 0 Å². The molecule has 2 amide bonds. The van der Waals surface area contributed by atoms with Crippen molar-refractivity contribution < 1.29 is 9.59 Å². The summed E-state index contributed by atoms with van der Waals surface area (Å²) in [6.07, 6.45) is 3.04. The number of nitrogens with one attached hydrogen (secondary N) is 2. The summed E-state index contributed by atoms with van der Waals surface area (Å²) < 4.78 is 0. The average Bonchev–Trinajstić information content (AvgIpc) is 3.35. The number of hydrogen-bond donors (Lipinski definition) is 2. The molecule has 0 spiro atoms. The molecule has 0 radical (unpaired) electrons. The van der Waals surface area contributed by atoms with Gasteiger partial charge in [0.05, 0.1) is 16.2 Å². The standard InChI is InChI=1S/C16H13Cl3N4O2/c1-7(24)21-12-6-20-14(10-4-9(17)5-11(18)13(10)19)15(22-12)23-16(25)8-2-3-8/h4-6,8H,2-3H2,1H3,(H2,21,22,23,24,25). The van der Waals surface area contributed by atoms with Crippen LogP contribution in [0.25, 0.3) is 11.3 Å². The number of benzene rings is 1. The van der Waals surface area contributed by atoms with Crippen LogP contribution in [0.15, 0.2) is 18.3 Å². The summed E-state index contributed by atoms with van der Waals surface area (Å²) in [7, 11) is 0. The van der Waals surface area contributed by atoms with Crippen LogP contribution >= 0.6 is 34.8 Å². The van der Waals surface area contributed by atoms with Crippen molar-refractivity contribution in [2.24, 2.45) is 5.92 Å². The quantitative estimate of drug-likeness (QED) is 0.746. The molecule has 1 aromatic heterocycles. The van der Waals surface area contributed by atoms with Gasteiger partial charge in [0.2, 0.25) is 11.8 Å². The molecule has 0 unspecified atom stereocenters. The summed E-state index contributed by atoms with van der Waals surface area (Å²) in [5, 5.41) is 6.15. The Labute approximate surface area is 158 Å². The highest BCUT2D eigenvalue weighted by Gasteiger charge is 2.31. The molecule has 1 fully saturated rings. The zero-order chi connectivity index (χ0) is 18.1. The second-order valence-electron chi connectivity index (χ2n) is 5.65. The van der Waals surface area contributed by atoms with E-state index in [2.05, 4.69) is 20.6 Å². The van der Waals surface area contributed by atoms with Crippen molar-refractivity contribution in [1.82, 2.24) is 9.97 Å². The molecule has 1 saturated carbocycles. The van der Waals surface area contributed by atoms with Gasteiger partial charge in [-0.05, 0) is 25.0 Å². The van der Waals surface area contributed by atoms with Gasteiger partial charge in [0.25, 0.3) is 0 Å². The zero-order valence-electron chi connectivity index (χ0n) is 13.1. The lowest BCUT2D eigenvalue weighted by molar-refractivity contribution is -0.117. The Morgan fingerprint density at radius 1 is 1.16 bits per heavy atom. The molecule has 3 rings (SSSR count). The molecule has 130 valence electrons. The van der Waals surface area contributed by atoms with E-state index < -0.39 is 0 Å². The fourth-order valence-electron chi connectivity index (χ4n) is 2.21. The number of aromatic nitrogens is 2. The number of carbonyl (C=O) groups is 2. The Morgan fingerprint density at radius 2 is 1.88 bits per heavy atom. The summed E-state index contributed by atoms with van der Waals surface area (Å²) in [6.45, 7) is 1.35. The third-order valence-corrected chi connectivity index (χ3v) is 4.53. The average molecular weight is 400 g/mol. The molecule has 2 N–H and O–H groups in total. The number of nitrogens with zero attached hydrogens (tertiary/aromatic N) is 2. The van der Waals surface area contributed by atoms with E-state index in [1.807, 2.05) is 0 Å². The molecule has 1 aliphatic carbocycles. The Balaban J connectivity index is 2.08. The predicted molar refractivity (Wildman–Crippen MR) is 98.2 cm³/mol. The number of carbonyl (C=O) groups excluding carboxylic acids is 2. The molecular formula is C16H13Cl3N4O2. The molecule has 0 atom stereocenters. The normalized spacial score (nSPS) is 13.4. The van der Waals surface area contributed by atoms with E-state index in [0.29, 0.717) is 16.3 Å². The van der Waals surface area contributed by atoms with Gasteiger partial charge in [-0.1, -0.05) is 34.8 Å². The van der Waals surface area contributed by atoms with Crippen molar-refractivity contribution in [3.63, 3.8) is 0 Å². The van der Waals surface area contributed by atoms with Crippen molar-refractivity contribution in [3.8, 4) is 11.3 Å². The maximum absolute atomic E-state index is 12.2. The molecule has 25 heavy (non-hydrogen) atoms. The Hall–Kier alpha value is -1.89. The van der Waals surface area contributed by atoms with E-state index in [0.717, 1.165) is 12.8 Å². The molecule has 6 nitrogen and oxygen atoms in total. The van der Waals surface area contributed by atoms with Gasteiger partial charge in [-0.25, -0.2) is 9.97 Å². The lowest BCUT2D eigenvalue weighted by Crippen LogP contribution is -2.17. The molecule has 1 aliphatic rings. The van der Waals surface area contributed by atoms with Crippen LogP contribution in [-0.2, 0) is 9.59 Å². The molecule has 0 bridgehead atoms. The smallest absolute Gasteiger partial charge is 0.228 e. The SMILES string of the molecule is CC(=O)Nc1cnc(-c2cc(Cl)cc(Cl)c2Cl)c(NC(=O)C2CC2)n1. The van der Waals surface area contributed by atoms with Crippen LogP contribution in [0.2, 0.25) is 15.1 Å². The van der Waals surface area contributed by atoms with Crippen molar-refractivity contribution in [3.05, 3.63) is 33.4 Å². The third kappa shape index (κ3) is 4.21. The van der Waals surface area contributed by atoms with Crippen LogP contribution < -0.4 is 10.6 Å². The number of amides is 2. The van der Waals surface area contributed by atoms with Gasteiger partial charge >= 0.3 is 0 Å². The molecular weight excluding hydrogens is 387 g/mol. The highest BCUT2D eigenvalue weighted by molar-refractivity contribution is 6.45. The zero-order valence-corrected chi connectivity index (χ0v) is 15.3. The minimum Gasteiger partial charge on any atom is -0.310 e. The summed E-state index contributed by atoms with van der Waals surface area (Å²) in [5.41, 5.74) is 0.754. The minimum absolute atomic E-state index is 0.0301. The largest absolute Gasteiger partial charge is 0.310 e. The van der Waals surface area contributed by atoms with Crippen LogP contribution in [0.3, 0.4) is 0 Å². The summed E-state index contributed by atoms with van der Waals surface area (Å²) in [4.78, 5) is 32.0. The highest BCUT2D eigenvalue weighted by atomic mass is 35.5. The van der Waals surface area contributed by atoms with Gasteiger partial charge in [0.15, 0.2) is 11.6 Å². The topological polar surface area (TPSA) is 84.0 Å². The van der Waals surface area contributed by atoms with Crippen LogP contribution in [-0.4, -0.2) is 21.8 Å². The van der Waals surface area contributed by atoms with E-state index in [4.69, 9.17) is 34.8 Å². The predicted octanol–water partition coefficient (Wildman–Crippen LogP) is 4.41. The van der Waals surface area contributed by atoms with Gasteiger partial charge in [-0.15, -0.1) is 0 Å². The van der Waals surface area contributed by atoms with E-state index in [1.165, 1.54) is 19.2 Å². The maximum atomic E-state index is 12.2. The first-order chi connectivity index (χ1) is 11.8. The third-order valence-electron chi connectivity index (χ3n) is 3.51. The maximum Gasteiger partial charge on any atom is 0.228 e. The molecule has 0 saturated heterocycles. The van der Waals surface area contributed by atoms with Crippen molar-refractivity contribution in [1.29, 1.82) is 0 Å². The molecule has 0 aliphatic heterocycles. The van der Waals surface area contributed by atoms with Gasteiger partial charge in [0.1, 0.15) is 5.69 Å². The van der Waals surface area contributed by atoms with Crippen molar-refractivity contribution in [2.45, 2.75) is 19.8 Å². The minimum atomic E-state index is -0.301. The first-order valence-electron chi connectivity index (χ1n) is 7.45. The number of anilines is 2. The summed E-state index contributed by atoms with van der Waals surface area (Å²) in [5.74, 6) is -0.0856. The second-order valence-corrected chi connectivity index (χ2v) is 6.87. The molecule has 9 heteroatoms. The second kappa shape index (κ2) is 7.15.